The van der Waals surface area contributed by atoms with Crippen LogP contribution in [-0.4, -0.2) is 132 Å². The molecule has 5 aromatic rings. The summed E-state index contributed by atoms with van der Waals surface area (Å²) >= 11 is 1.59. The first-order valence-electron chi connectivity index (χ1n) is 25.2. The Labute approximate surface area is 419 Å². The fourth-order valence-electron chi connectivity index (χ4n) is 11.6. The fourth-order valence-corrected chi connectivity index (χ4v) is 12.4. The lowest BCUT2D eigenvalue weighted by molar-refractivity contribution is -0.144. The van der Waals surface area contributed by atoms with Crippen molar-refractivity contribution in [2.45, 2.75) is 128 Å². The highest BCUT2D eigenvalue weighted by molar-refractivity contribution is 7.13. The van der Waals surface area contributed by atoms with Crippen LogP contribution >= 0.6 is 11.3 Å². The number of nitrogens with zero attached hydrogens (tertiary/aromatic N) is 9. The summed E-state index contributed by atoms with van der Waals surface area (Å²) < 4.78 is 0. The number of aromatic nitrogens is 5. The van der Waals surface area contributed by atoms with Crippen molar-refractivity contribution in [2.75, 3.05) is 48.3 Å². The number of likely N-dealkylation sites (tertiary alicyclic amines) is 2. The molecule has 5 atom stereocenters. The predicted octanol–water partition coefficient (Wildman–Crippen LogP) is 5.67. The number of carbonyl (C=O) groups excluding carboxylic acids is 3. The number of nitrogen functional groups attached to an aromatic ring is 1. The molecular weight excluding hydrogens is 917 g/mol. The van der Waals surface area contributed by atoms with Crippen LogP contribution in [0.4, 0.5) is 17.5 Å². The molecular formula is C53H66N12O5S. The van der Waals surface area contributed by atoms with Gasteiger partial charge >= 0.3 is 0 Å². The number of fused-ring (bicyclic) bond motifs is 2. The Balaban J connectivity index is 0.673. The number of amides is 3. The van der Waals surface area contributed by atoms with Crippen molar-refractivity contribution >= 4 is 46.5 Å². The number of aromatic hydroxyl groups is 1. The summed E-state index contributed by atoms with van der Waals surface area (Å²) in [5.41, 5.74) is 13.8. The van der Waals surface area contributed by atoms with E-state index in [2.05, 4.69) is 40.5 Å². The minimum Gasteiger partial charge on any atom is -0.507 e. The van der Waals surface area contributed by atoms with Crippen LogP contribution < -0.4 is 26.2 Å². The topological polar surface area (TPSA) is 219 Å². The maximum absolute atomic E-state index is 14.2. The maximum Gasteiger partial charge on any atom is 0.246 e. The van der Waals surface area contributed by atoms with Gasteiger partial charge in [0.25, 0.3) is 0 Å². The van der Waals surface area contributed by atoms with Crippen molar-refractivity contribution < 1.29 is 24.6 Å². The van der Waals surface area contributed by atoms with Gasteiger partial charge in [0, 0.05) is 75.1 Å². The number of phenolic OH excluding ortho intramolecular Hbond substituents is 1. The second-order valence-corrected chi connectivity index (χ2v) is 22.3. The third-order valence-corrected chi connectivity index (χ3v) is 16.6. The summed E-state index contributed by atoms with van der Waals surface area (Å²) in [5.74, 6) is 1.09. The molecule has 17 nitrogen and oxygen atoms in total. The van der Waals surface area contributed by atoms with Gasteiger partial charge in [-0.1, -0.05) is 57.2 Å². The molecule has 374 valence electrons. The highest BCUT2D eigenvalue weighted by Gasteiger charge is 2.46. The SMILES string of the molecule is Cc1ncsc1-c1ccc(CNC(=O)[C@@H]2C[C@@H](O)CN2C(=O)[C@@H](NC(=O)C[C@H]2C[C@@H](N3CCC(c4cnc(N5C6CCC5CN(c5cc(-c7ccccc7O)nnc5N)C6)nc4)CC3)C2)C(C)(C)C)cc1. The van der Waals surface area contributed by atoms with Crippen molar-refractivity contribution in [1.82, 2.24) is 45.6 Å². The third kappa shape index (κ3) is 10.3. The van der Waals surface area contributed by atoms with Gasteiger partial charge in [0.15, 0.2) is 5.82 Å². The number of aryl methyl sites for hydroxylation is 1. The number of nitrogens with two attached hydrogens (primary N) is 1. The highest BCUT2D eigenvalue weighted by Crippen LogP contribution is 2.41. The molecule has 4 saturated heterocycles. The molecule has 4 aliphatic heterocycles. The summed E-state index contributed by atoms with van der Waals surface area (Å²) in [5, 5.41) is 35.7. The number of rotatable bonds is 13. The van der Waals surface area contributed by atoms with Crippen molar-refractivity contribution in [3.63, 3.8) is 0 Å². The molecule has 2 unspecified atom stereocenters. The van der Waals surface area contributed by atoms with Crippen LogP contribution in [0.1, 0.15) is 94.9 Å². The second-order valence-electron chi connectivity index (χ2n) is 21.5. The lowest BCUT2D eigenvalue weighted by atomic mass is 9.76. The standard InChI is InChI=1S/C53H66N12O5S/c1-31-47(71-30-58-31)35-11-9-32(10-12-35)24-55-50(69)44-22-40(66)29-64(44)51(70)48(53(2,3)4)59-46(68)21-33-19-39(20-33)62-17-15-34(16-18-62)36-25-56-52(57-26-36)65-37-13-14-38(65)28-63(27-37)43-23-42(60-61-49(43)54)41-7-5-6-8-45(41)67/h5-12,23,25-26,30,33-34,37-40,44,48,66-67H,13-22,24,27-29H2,1-4H3,(H2,54,61)(H,55,69)(H,59,68)/t33-,37?,38?,39+,40-,44+,48-/m1/s1. The zero-order chi connectivity index (χ0) is 49.6. The van der Waals surface area contributed by atoms with E-state index in [-0.39, 0.29) is 61.0 Å². The number of aliphatic hydroxyl groups is 1. The average molecular weight is 983 g/mol. The van der Waals surface area contributed by atoms with Gasteiger partial charge in [0.1, 0.15) is 17.8 Å². The number of carbonyl (C=O) groups is 3. The van der Waals surface area contributed by atoms with Gasteiger partial charge in [-0.05, 0) is 111 Å². The highest BCUT2D eigenvalue weighted by atomic mass is 32.1. The van der Waals surface area contributed by atoms with E-state index in [0.29, 0.717) is 35.5 Å². The van der Waals surface area contributed by atoms with Gasteiger partial charge < -0.3 is 46.2 Å². The van der Waals surface area contributed by atoms with Crippen LogP contribution in [0.15, 0.2) is 72.5 Å². The number of benzene rings is 2. The molecule has 2 aromatic carbocycles. The van der Waals surface area contributed by atoms with Gasteiger partial charge in [0.05, 0.1) is 33.6 Å². The van der Waals surface area contributed by atoms with Gasteiger partial charge in [-0.2, -0.15) is 0 Å². The van der Waals surface area contributed by atoms with Crippen LogP contribution in [0, 0.1) is 18.3 Å². The first-order chi connectivity index (χ1) is 34.2. The van der Waals surface area contributed by atoms with E-state index in [4.69, 9.17) is 15.7 Å². The van der Waals surface area contributed by atoms with E-state index >= 15 is 0 Å². The number of hydrogen-bond acceptors (Lipinski definition) is 15. The summed E-state index contributed by atoms with van der Waals surface area (Å²) in [4.78, 5) is 65.4. The van der Waals surface area contributed by atoms with Crippen LogP contribution in [0.3, 0.4) is 0 Å². The predicted molar refractivity (Wildman–Crippen MR) is 273 cm³/mol. The number of nitrogens with one attached hydrogen (secondary N) is 2. The van der Waals surface area contributed by atoms with Gasteiger partial charge in [0.2, 0.25) is 23.7 Å². The van der Waals surface area contributed by atoms with Crippen LogP contribution in [0.2, 0.25) is 0 Å². The minimum absolute atomic E-state index is 0.0364. The Bertz CT molecular complexity index is 2700. The Hall–Kier alpha value is -6.24. The number of hydrogen-bond donors (Lipinski definition) is 5. The number of phenols is 1. The molecule has 71 heavy (non-hydrogen) atoms. The molecule has 7 heterocycles. The van der Waals surface area contributed by atoms with E-state index in [1.54, 1.807) is 23.5 Å². The fraction of sp³-hybridized carbons (Fsp3) is 0.509. The molecule has 5 fully saturated rings. The monoisotopic (exact) mass is 982 g/mol. The van der Waals surface area contributed by atoms with Crippen molar-refractivity contribution in [2.24, 2.45) is 11.3 Å². The zero-order valence-corrected chi connectivity index (χ0v) is 41.9. The van der Waals surface area contributed by atoms with Crippen LogP contribution in [0.5, 0.6) is 5.75 Å². The van der Waals surface area contributed by atoms with Gasteiger partial charge in [-0.15, -0.1) is 21.5 Å². The average Bonchev–Trinajstić information content (AvgIpc) is 4.04. The van der Waals surface area contributed by atoms with E-state index < -0.39 is 23.6 Å². The van der Waals surface area contributed by atoms with Crippen molar-refractivity contribution in [3.8, 4) is 27.4 Å². The number of piperazine rings is 1. The number of para-hydroxylation sites is 1. The Kier molecular flexibility index (Phi) is 13.7. The number of β-amino-alcohol motifs (C(OH)–C–C–N with tert-alkyl or cyclic N) is 1. The maximum atomic E-state index is 14.2. The van der Waals surface area contributed by atoms with Gasteiger partial charge in [-0.3, -0.25) is 14.4 Å². The molecule has 5 aliphatic rings. The summed E-state index contributed by atoms with van der Waals surface area (Å²) in [6, 6.07) is 16.2. The number of anilines is 3. The molecule has 1 saturated carbocycles. The second kappa shape index (κ2) is 20.1. The molecule has 6 N–H and O–H groups in total. The zero-order valence-electron chi connectivity index (χ0n) is 41.1. The van der Waals surface area contributed by atoms with Crippen LogP contribution in [-0.2, 0) is 20.9 Å². The normalized spacial score (nSPS) is 24.2. The largest absolute Gasteiger partial charge is 0.507 e. The first-order valence-corrected chi connectivity index (χ1v) is 26.1. The molecule has 10 rings (SSSR count). The van der Waals surface area contributed by atoms with Crippen LogP contribution in [0.25, 0.3) is 21.7 Å². The van der Waals surface area contributed by atoms with Crippen molar-refractivity contribution in [1.29, 1.82) is 0 Å². The molecule has 3 aromatic heterocycles. The molecule has 2 bridgehead atoms. The minimum atomic E-state index is -0.853. The number of piperidine rings is 1. The third-order valence-electron chi connectivity index (χ3n) is 15.6. The van der Waals surface area contributed by atoms with E-state index in [1.807, 2.05) is 88.1 Å². The summed E-state index contributed by atoms with van der Waals surface area (Å²) in [7, 11) is 0. The van der Waals surface area contributed by atoms with Crippen molar-refractivity contribution in [3.05, 3.63) is 89.3 Å². The Morgan fingerprint density at radius 1 is 0.887 bits per heavy atom. The molecule has 0 spiro atoms. The molecule has 18 heteroatoms. The lowest BCUT2D eigenvalue weighted by Crippen LogP contribution is -2.58. The molecule has 3 amide bonds. The first kappa shape index (κ1) is 48.4. The molecule has 0 radical (unpaired) electrons. The van der Waals surface area contributed by atoms with E-state index in [1.165, 1.54) is 10.5 Å². The van der Waals surface area contributed by atoms with E-state index in [9.17, 15) is 24.6 Å². The molecule has 1 aliphatic carbocycles. The lowest BCUT2D eigenvalue weighted by Gasteiger charge is -2.46. The summed E-state index contributed by atoms with van der Waals surface area (Å²) in [6.07, 6.45) is 9.72. The Morgan fingerprint density at radius 2 is 1.59 bits per heavy atom. The summed E-state index contributed by atoms with van der Waals surface area (Å²) in [6.45, 7) is 11.5. The van der Waals surface area contributed by atoms with E-state index in [0.717, 1.165) is 98.0 Å². The van der Waals surface area contributed by atoms with Gasteiger partial charge in [-0.25, -0.2) is 15.0 Å². The Morgan fingerprint density at radius 3 is 2.25 bits per heavy atom. The smallest absolute Gasteiger partial charge is 0.246 e. The quantitative estimate of drug-likeness (QED) is 0.0961. The number of aliphatic hydroxyl groups excluding tert-OH is 1. The number of thiazole rings is 1.